The Morgan fingerprint density at radius 2 is 1.81 bits per heavy atom. The summed E-state index contributed by atoms with van der Waals surface area (Å²) >= 11 is 0. The topological polar surface area (TPSA) is 46.3 Å². The number of aromatic nitrogens is 1. The maximum Gasteiger partial charge on any atom is 0.211 e. The first kappa shape index (κ1) is 18.8. The van der Waals surface area contributed by atoms with Crippen molar-refractivity contribution in [1.29, 1.82) is 0 Å². The Bertz CT molecular complexity index is 747. The Hall–Kier alpha value is -1.94. The number of hydrogen-bond donors (Lipinski definition) is 0. The average Bonchev–Trinajstić information content (AvgIpc) is 3.12. The van der Waals surface area contributed by atoms with E-state index < -0.39 is 0 Å². The number of carbonyl (C=O) groups is 1. The minimum atomic E-state index is -0.0293. The van der Waals surface area contributed by atoms with Gasteiger partial charge in [-0.25, -0.2) is 4.98 Å². The third-order valence-corrected chi connectivity index (χ3v) is 5.40. The zero-order chi connectivity index (χ0) is 18.9. The summed E-state index contributed by atoms with van der Waals surface area (Å²) in [6, 6.07) is 8.07. The van der Waals surface area contributed by atoms with Crippen LogP contribution in [0.15, 0.2) is 34.9 Å². The van der Waals surface area contributed by atoms with E-state index in [0.717, 1.165) is 43.1 Å². The minimum Gasteiger partial charge on any atom is -0.443 e. The zero-order valence-electron chi connectivity index (χ0n) is 16.6. The molecule has 0 saturated carbocycles. The van der Waals surface area contributed by atoms with Crippen LogP contribution in [0.2, 0.25) is 0 Å². The quantitative estimate of drug-likeness (QED) is 0.730. The molecule has 1 atom stereocenters. The van der Waals surface area contributed by atoms with Crippen LogP contribution < -0.4 is 0 Å². The van der Waals surface area contributed by atoms with Gasteiger partial charge in [0.15, 0.2) is 5.78 Å². The number of carbonyl (C=O) groups excluding carboxylic acids is 1. The van der Waals surface area contributed by atoms with Crippen molar-refractivity contribution < 1.29 is 9.21 Å². The highest BCUT2D eigenvalue weighted by Gasteiger charge is 2.30. The van der Waals surface area contributed by atoms with Crippen LogP contribution in [-0.4, -0.2) is 28.8 Å². The van der Waals surface area contributed by atoms with Crippen molar-refractivity contribution in [2.24, 2.45) is 5.92 Å². The number of likely N-dealkylation sites (tertiary alicyclic amines) is 1. The van der Waals surface area contributed by atoms with Crippen LogP contribution in [0.3, 0.4) is 0 Å². The van der Waals surface area contributed by atoms with Gasteiger partial charge in [0.25, 0.3) is 0 Å². The fraction of sp³-hybridized carbons (Fsp3) is 0.545. The number of nitrogens with zero attached hydrogens (tertiary/aromatic N) is 2. The van der Waals surface area contributed by atoms with E-state index in [0.29, 0.717) is 0 Å². The first-order valence-corrected chi connectivity index (χ1v) is 9.57. The van der Waals surface area contributed by atoms with Gasteiger partial charge < -0.3 is 4.42 Å². The second kappa shape index (κ2) is 7.36. The van der Waals surface area contributed by atoms with Crippen LogP contribution in [0.25, 0.3) is 0 Å². The second-order valence-corrected chi connectivity index (χ2v) is 8.53. The molecule has 3 rings (SSSR count). The predicted molar refractivity (Wildman–Crippen MR) is 103 cm³/mol. The third kappa shape index (κ3) is 4.07. The lowest BCUT2D eigenvalue weighted by atomic mass is 9.88. The SMILES string of the molecule is Cc1ccc(C(=O)C2CCN([C@@H](C)c3ncc(C(C)(C)C)o3)CC2)cc1. The van der Waals surface area contributed by atoms with Crippen LogP contribution in [0.1, 0.15) is 74.2 Å². The molecule has 4 nitrogen and oxygen atoms in total. The number of hydrogen-bond acceptors (Lipinski definition) is 4. The smallest absolute Gasteiger partial charge is 0.211 e. The molecule has 0 spiro atoms. The van der Waals surface area contributed by atoms with E-state index in [1.807, 2.05) is 37.4 Å². The molecule has 2 heterocycles. The van der Waals surface area contributed by atoms with Gasteiger partial charge in [0, 0.05) is 16.9 Å². The summed E-state index contributed by atoms with van der Waals surface area (Å²) in [5.41, 5.74) is 1.99. The summed E-state index contributed by atoms with van der Waals surface area (Å²) in [4.78, 5) is 19.6. The third-order valence-electron chi connectivity index (χ3n) is 5.40. The lowest BCUT2D eigenvalue weighted by molar-refractivity contribution is 0.0779. The molecule has 1 aliphatic rings. The number of rotatable bonds is 4. The first-order chi connectivity index (χ1) is 12.3. The van der Waals surface area contributed by atoms with Gasteiger partial charge in [0.05, 0.1) is 12.2 Å². The van der Waals surface area contributed by atoms with E-state index in [2.05, 4.69) is 37.6 Å². The Kier molecular flexibility index (Phi) is 5.33. The number of Topliss-reactive ketones (excluding diaryl/α,β-unsaturated/α-hetero) is 1. The molecule has 1 fully saturated rings. The average molecular weight is 354 g/mol. The Morgan fingerprint density at radius 3 is 2.35 bits per heavy atom. The summed E-state index contributed by atoms with van der Waals surface area (Å²) in [6.45, 7) is 12.4. The van der Waals surface area contributed by atoms with Gasteiger partial charge in [-0.2, -0.15) is 0 Å². The molecule has 0 N–H and O–H groups in total. The van der Waals surface area contributed by atoms with E-state index in [-0.39, 0.29) is 23.2 Å². The van der Waals surface area contributed by atoms with Crippen molar-refractivity contribution in [2.45, 2.75) is 58.9 Å². The molecule has 1 aliphatic heterocycles. The summed E-state index contributed by atoms with van der Waals surface area (Å²) in [5, 5.41) is 0. The van der Waals surface area contributed by atoms with Crippen LogP contribution >= 0.6 is 0 Å². The van der Waals surface area contributed by atoms with Crippen molar-refractivity contribution >= 4 is 5.78 Å². The minimum absolute atomic E-state index is 0.0293. The lowest BCUT2D eigenvalue weighted by Crippen LogP contribution is -2.38. The van der Waals surface area contributed by atoms with Gasteiger partial charge in [0.2, 0.25) is 5.89 Å². The van der Waals surface area contributed by atoms with Crippen LogP contribution in [0, 0.1) is 12.8 Å². The molecule has 0 amide bonds. The largest absolute Gasteiger partial charge is 0.443 e. The molecule has 26 heavy (non-hydrogen) atoms. The Morgan fingerprint density at radius 1 is 1.19 bits per heavy atom. The molecular weight excluding hydrogens is 324 g/mol. The van der Waals surface area contributed by atoms with Crippen molar-refractivity contribution in [1.82, 2.24) is 9.88 Å². The van der Waals surface area contributed by atoms with E-state index in [1.165, 1.54) is 5.56 Å². The van der Waals surface area contributed by atoms with Crippen molar-refractivity contribution in [3.8, 4) is 0 Å². The second-order valence-electron chi connectivity index (χ2n) is 8.53. The van der Waals surface area contributed by atoms with Crippen LogP contribution in [0.5, 0.6) is 0 Å². The van der Waals surface area contributed by atoms with E-state index in [1.54, 1.807) is 0 Å². The summed E-state index contributed by atoms with van der Waals surface area (Å²) in [5.74, 6) is 2.10. The lowest BCUT2D eigenvalue weighted by Gasteiger charge is -2.34. The van der Waals surface area contributed by atoms with Crippen LogP contribution in [-0.2, 0) is 5.41 Å². The normalized spacial score (nSPS) is 18.0. The van der Waals surface area contributed by atoms with E-state index in [4.69, 9.17) is 4.42 Å². The highest BCUT2D eigenvalue weighted by atomic mass is 16.4. The molecule has 0 aliphatic carbocycles. The molecule has 4 heteroatoms. The van der Waals surface area contributed by atoms with E-state index in [9.17, 15) is 4.79 Å². The number of piperidine rings is 1. The van der Waals surface area contributed by atoms with Crippen molar-refractivity contribution in [2.75, 3.05) is 13.1 Å². The highest BCUT2D eigenvalue weighted by Crippen LogP contribution is 2.30. The summed E-state index contributed by atoms with van der Waals surface area (Å²) < 4.78 is 6.00. The standard InChI is InChI=1S/C22H30N2O2/c1-15-6-8-17(9-7-15)20(25)18-10-12-24(13-11-18)16(2)21-23-14-19(26-21)22(3,4)5/h6-9,14,16,18H,10-13H2,1-5H3/t16-/m0/s1. The van der Waals surface area contributed by atoms with Gasteiger partial charge in [-0.15, -0.1) is 0 Å². The van der Waals surface area contributed by atoms with Crippen molar-refractivity contribution in [3.05, 3.63) is 53.2 Å². The fourth-order valence-electron chi connectivity index (χ4n) is 3.49. The Balaban J connectivity index is 1.60. The summed E-state index contributed by atoms with van der Waals surface area (Å²) in [7, 11) is 0. The molecule has 0 radical (unpaired) electrons. The van der Waals surface area contributed by atoms with E-state index >= 15 is 0 Å². The highest BCUT2D eigenvalue weighted by molar-refractivity contribution is 5.97. The summed E-state index contributed by atoms with van der Waals surface area (Å²) in [6.07, 6.45) is 3.63. The molecule has 0 bridgehead atoms. The molecule has 2 aromatic rings. The molecule has 0 unspecified atom stereocenters. The predicted octanol–water partition coefficient (Wildman–Crippen LogP) is 4.94. The first-order valence-electron chi connectivity index (χ1n) is 9.57. The fourth-order valence-corrected chi connectivity index (χ4v) is 3.49. The molecular formula is C22H30N2O2. The maximum absolute atomic E-state index is 12.7. The van der Waals surface area contributed by atoms with Gasteiger partial charge in [-0.3, -0.25) is 9.69 Å². The van der Waals surface area contributed by atoms with Gasteiger partial charge in [0.1, 0.15) is 5.76 Å². The zero-order valence-corrected chi connectivity index (χ0v) is 16.6. The van der Waals surface area contributed by atoms with Crippen molar-refractivity contribution in [3.63, 3.8) is 0 Å². The molecule has 140 valence electrons. The van der Waals surface area contributed by atoms with Gasteiger partial charge >= 0.3 is 0 Å². The molecule has 1 aromatic carbocycles. The monoisotopic (exact) mass is 354 g/mol. The molecule has 1 saturated heterocycles. The Labute approximate surface area is 156 Å². The number of ketones is 1. The molecule has 1 aromatic heterocycles. The van der Waals surface area contributed by atoms with Gasteiger partial charge in [-0.05, 0) is 39.8 Å². The maximum atomic E-state index is 12.7. The number of aryl methyl sites for hydroxylation is 1. The number of oxazole rings is 1. The number of benzene rings is 1. The van der Waals surface area contributed by atoms with Crippen LogP contribution in [0.4, 0.5) is 0 Å². The van der Waals surface area contributed by atoms with Gasteiger partial charge in [-0.1, -0.05) is 50.6 Å².